The van der Waals surface area contributed by atoms with E-state index >= 15 is 0 Å². The number of alkyl halides is 1. The molecule has 5 atom stereocenters. The molecule has 37 heavy (non-hydrogen) atoms. The summed E-state index contributed by atoms with van der Waals surface area (Å²) in [5.74, 6) is -0.495. The summed E-state index contributed by atoms with van der Waals surface area (Å²) >= 11 is 6.54. The highest BCUT2D eigenvalue weighted by Crippen LogP contribution is 2.48. The van der Waals surface area contributed by atoms with Gasteiger partial charge in [-0.3, -0.25) is 23.7 Å². The predicted molar refractivity (Wildman–Crippen MR) is 137 cm³/mol. The van der Waals surface area contributed by atoms with Gasteiger partial charge in [-0.2, -0.15) is 5.09 Å². The molecule has 0 bridgehead atoms. The molecule has 3 rings (SSSR count). The van der Waals surface area contributed by atoms with Crippen LogP contribution in [0.25, 0.3) is 0 Å². The number of aromatic nitrogens is 2. The third-order valence-electron chi connectivity index (χ3n) is 5.47. The Hall–Kier alpha value is -2.41. The maximum atomic E-state index is 13.8. The number of ether oxygens (including phenoxy) is 2. The van der Waals surface area contributed by atoms with Crippen molar-refractivity contribution in [1.82, 2.24) is 14.6 Å². The van der Waals surface area contributed by atoms with Crippen LogP contribution >= 0.6 is 19.3 Å². The average Bonchev–Trinajstić information content (AvgIpc) is 3.01. The standard InChI is InChI=1S/C22H30BClN3O9P/c1-13(2)34-19(30)21(3,4)26-37(32,36-14-8-6-5-7-9-14)33-12-15-17(29)22(23,24)18(35-15)27-11-10-16(28)25-20(27)31/h5-11,13,15,17-18,29H,12,23H2,1-4H3,(H,26,32)(H,25,28,31)/t15-,17-,18-,22+,37?/m1/s1. The maximum absolute atomic E-state index is 13.8. The van der Waals surface area contributed by atoms with Crippen LogP contribution in [0.4, 0.5) is 0 Å². The van der Waals surface area contributed by atoms with Crippen molar-refractivity contribution in [2.45, 2.75) is 62.5 Å². The number of carbonyl (C=O) groups excluding carboxylic acids is 1. The monoisotopic (exact) mass is 557 g/mol. The molecule has 0 radical (unpaired) electrons. The number of aliphatic hydroxyl groups excluding tert-OH is 1. The van der Waals surface area contributed by atoms with E-state index in [9.17, 15) is 24.1 Å². The van der Waals surface area contributed by atoms with Crippen molar-refractivity contribution in [3.05, 3.63) is 63.4 Å². The van der Waals surface area contributed by atoms with Crippen molar-refractivity contribution in [2.24, 2.45) is 0 Å². The number of H-pyrrole nitrogens is 1. The Morgan fingerprint density at radius 3 is 2.57 bits per heavy atom. The lowest BCUT2D eigenvalue weighted by Crippen LogP contribution is -2.48. The molecule has 1 aromatic carbocycles. The molecule has 0 spiro atoms. The normalized spacial score (nSPS) is 25.5. The van der Waals surface area contributed by atoms with Gasteiger partial charge in [0.25, 0.3) is 5.56 Å². The minimum atomic E-state index is -4.29. The smallest absolute Gasteiger partial charge is 0.459 e. The Labute approximate surface area is 219 Å². The molecular weight excluding hydrogens is 527 g/mol. The number of halogens is 1. The first kappa shape index (κ1) is 29.2. The first-order valence-electron chi connectivity index (χ1n) is 11.5. The van der Waals surface area contributed by atoms with Gasteiger partial charge in [0.15, 0.2) is 6.23 Å². The van der Waals surface area contributed by atoms with Crippen LogP contribution in [-0.4, -0.2) is 63.7 Å². The molecule has 3 N–H and O–H groups in total. The number of nitrogens with one attached hydrogen (secondary N) is 2. The van der Waals surface area contributed by atoms with Crippen LogP contribution in [-0.2, 0) is 23.4 Å². The fourth-order valence-electron chi connectivity index (χ4n) is 3.59. The molecular formula is C22H30BClN3O9P. The average molecular weight is 558 g/mol. The number of esters is 1. The second kappa shape index (κ2) is 11.1. The van der Waals surface area contributed by atoms with E-state index in [1.54, 1.807) is 44.2 Å². The van der Waals surface area contributed by atoms with Crippen molar-refractivity contribution >= 4 is 33.2 Å². The summed E-state index contributed by atoms with van der Waals surface area (Å²) < 4.78 is 35.7. The number of hydrogen-bond donors (Lipinski definition) is 3. The molecule has 202 valence electrons. The Kier molecular flexibility index (Phi) is 8.78. The number of rotatable bonds is 10. The van der Waals surface area contributed by atoms with Crippen molar-refractivity contribution in [2.75, 3.05) is 6.61 Å². The van der Waals surface area contributed by atoms with E-state index in [1.165, 1.54) is 27.9 Å². The van der Waals surface area contributed by atoms with Crippen LogP contribution in [0.5, 0.6) is 5.75 Å². The third-order valence-corrected chi connectivity index (χ3v) is 7.65. The minimum Gasteiger partial charge on any atom is -0.462 e. The molecule has 1 aliphatic rings. The number of hydrogen-bond acceptors (Lipinski definition) is 9. The zero-order valence-electron chi connectivity index (χ0n) is 21.0. The molecule has 0 amide bonds. The topological polar surface area (TPSA) is 158 Å². The first-order valence-corrected chi connectivity index (χ1v) is 13.4. The van der Waals surface area contributed by atoms with E-state index in [0.717, 1.165) is 10.6 Å². The van der Waals surface area contributed by atoms with E-state index in [4.69, 9.17) is 30.1 Å². The lowest BCUT2D eigenvalue weighted by atomic mass is 9.79. The molecule has 0 saturated carbocycles. The highest BCUT2D eigenvalue weighted by Gasteiger charge is 2.54. The lowest BCUT2D eigenvalue weighted by Gasteiger charge is -2.30. The molecule has 0 aliphatic carbocycles. The van der Waals surface area contributed by atoms with Gasteiger partial charge in [0.2, 0.25) is 0 Å². The molecule has 1 aliphatic heterocycles. The number of carbonyl (C=O) groups is 1. The number of nitrogens with zero attached hydrogens (tertiary/aromatic N) is 1. The van der Waals surface area contributed by atoms with Gasteiger partial charge in [0, 0.05) is 12.3 Å². The van der Waals surface area contributed by atoms with Crippen molar-refractivity contribution in [3.8, 4) is 5.75 Å². The fraction of sp³-hybridized carbons (Fsp3) is 0.500. The molecule has 1 saturated heterocycles. The van der Waals surface area contributed by atoms with Crippen LogP contribution in [0.2, 0.25) is 0 Å². The first-order chi connectivity index (χ1) is 17.1. The second-order valence-corrected chi connectivity index (χ2v) is 12.0. The number of para-hydroxylation sites is 1. The zero-order chi connectivity index (χ0) is 27.6. The van der Waals surface area contributed by atoms with Crippen LogP contribution in [0, 0.1) is 0 Å². The summed E-state index contributed by atoms with van der Waals surface area (Å²) in [4.78, 5) is 38.4. The minimum absolute atomic E-state index is 0.194. The van der Waals surface area contributed by atoms with E-state index in [-0.39, 0.29) is 5.75 Å². The van der Waals surface area contributed by atoms with Crippen LogP contribution < -0.4 is 20.9 Å². The maximum Gasteiger partial charge on any atom is 0.459 e. The summed E-state index contributed by atoms with van der Waals surface area (Å²) in [5, 5.41) is 13.5. The van der Waals surface area contributed by atoms with E-state index < -0.39 is 66.4 Å². The lowest BCUT2D eigenvalue weighted by molar-refractivity contribution is -0.153. The Morgan fingerprint density at radius 2 is 1.97 bits per heavy atom. The Balaban J connectivity index is 1.84. The largest absolute Gasteiger partial charge is 0.462 e. The van der Waals surface area contributed by atoms with Crippen LogP contribution in [0.1, 0.15) is 33.9 Å². The van der Waals surface area contributed by atoms with Gasteiger partial charge in [0.1, 0.15) is 25.2 Å². The quantitative estimate of drug-likeness (QED) is 0.166. The Morgan fingerprint density at radius 1 is 1.32 bits per heavy atom. The zero-order valence-corrected chi connectivity index (χ0v) is 22.7. The highest BCUT2D eigenvalue weighted by molar-refractivity contribution is 7.52. The van der Waals surface area contributed by atoms with Gasteiger partial charge in [-0.05, 0) is 39.8 Å². The van der Waals surface area contributed by atoms with E-state index in [1.807, 2.05) is 0 Å². The SMILES string of the molecule is B[C@]1(Cl)[C@H](O)[C@@H](COP(=O)(NC(C)(C)C(=O)OC(C)C)Oc2ccccc2)O[C@H]1n1ccc(=O)[nH]c1=O. The summed E-state index contributed by atoms with van der Waals surface area (Å²) in [5.41, 5.74) is -2.89. The van der Waals surface area contributed by atoms with E-state index in [2.05, 4.69) is 10.1 Å². The number of aromatic amines is 1. The molecule has 1 fully saturated rings. The fourth-order valence-corrected chi connectivity index (χ4v) is 5.56. The predicted octanol–water partition coefficient (Wildman–Crippen LogP) is 0.887. The van der Waals surface area contributed by atoms with Gasteiger partial charge in [-0.15, -0.1) is 11.6 Å². The molecule has 2 aromatic rings. The van der Waals surface area contributed by atoms with Crippen molar-refractivity contribution in [3.63, 3.8) is 0 Å². The van der Waals surface area contributed by atoms with Crippen molar-refractivity contribution < 1.29 is 33.0 Å². The Bertz CT molecular complexity index is 1270. The number of benzene rings is 1. The summed E-state index contributed by atoms with van der Waals surface area (Å²) in [6, 6.07) is 9.26. The highest BCUT2D eigenvalue weighted by atomic mass is 35.5. The van der Waals surface area contributed by atoms with Crippen LogP contribution in [0.3, 0.4) is 0 Å². The molecule has 12 nitrogen and oxygen atoms in total. The third kappa shape index (κ3) is 6.92. The summed E-state index contributed by atoms with van der Waals surface area (Å²) in [6.07, 6.45) is -2.97. The summed E-state index contributed by atoms with van der Waals surface area (Å²) in [6.45, 7) is 5.77. The number of aliphatic hydroxyl groups is 1. The van der Waals surface area contributed by atoms with Gasteiger partial charge >= 0.3 is 19.4 Å². The van der Waals surface area contributed by atoms with E-state index in [0.29, 0.717) is 0 Å². The van der Waals surface area contributed by atoms with Crippen molar-refractivity contribution in [1.29, 1.82) is 0 Å². The van der Waals surface area contributed by atoms with Gasteiger partial charge in [-0.1, -0.05) is 18.2 Å². The van der Waals surface area contributed by atoms with Crippen LogP contribution in [0.15, 0.2) is 52.2 Å². The molecule has 15 heteroatoms. The van der Waals surface area contributed by atoms with Gasteiger partial charge in [0.05, 0.1) is 23.6 Å². The second-order valence-electron chi connectivity index (χ2n) is 9.53. The van der Waals surface area contributed by atoms with Gasteiger partial charge in [-0.25, -0.2) is 9.36 Å². The van der Waals surface area contributed by atoms with Gasteiger partial charge < -0.3 is 19.1 Å². The molecule has 1 unspecified atom stereocenters. The summed E-state index contributed by atoms with van der Waals surface area (Å²) in [7, 11) is -2.84. The molecule has 1 aromatic heterocycles. The molecule has 2 heterocycles.